The standard InChI is InChI=1S/C12H19BrN2O2/c1-7-11(13)9(15(2)14-7)6-10(16)12(17-3)8-4-5-8/h8,10,12,16H,4-6H2,1-3H3. The van der Waals surface area contributed by atoms with Crippen LogP contribution in [0, 0.1) is 12.8 Å². The highest BCUT2D eigenvalue weighted by atomic mass is 79.9. The Morgan fingerprint density at radius 3 is 2.65 bits per heavy atom. The molecule has 1 saturated carbocycles. The smallest absolute Gasteiger partial charge is 0.0862 e. The lowest BCUT2D eigenvalue weighted by Gasteiger charge is -2.21. The molecule has 2 atom stereocenters. The summed E-state index contributed by atoms with van der Waals surface area (Å²) in [4.78, 5) is 0. The van der Waals surface area contributed by atoms with Gasteiger partial charge in [-0.1, -0.05) is 0 Å². The lowest BCUT2D eigenvalue weighted by molar-refractivity contribution is -0.0245. The number of aliphatic hydroxyl groups is 1. The van der Waals surface area contributed by atoms with E-state index in [0.717, 1.165) is 15.9 Å². The van der Waals surface area contributed by atoms with Crippen LogP contribution in [0.3, 0.4) is 0 Å². The molecule has 96 valence electrons. The van der Waals surface area contributed by atoms with Crippen molar-refractivity contribution in [2.24, 2.45) is 13.0 Å². The number of aromatic nitrogens is 2. The number of hydrogen-bond acceptors (Lipinski definition) is 3. The Labute approximate surface area is 110 Å². The molecule has 0 amide bonds. The van der Waals surface area contributed by atoms with Gasteiger partial charge in [0.15, 0.2) is 0 Å². The molecule has 0 saturated heterocycles. The molecule has 17 heavy (non-hydrogen) atoms. The fourth-order valence-electron chi connectivity index (χ4n) is 2.30. The predicted molar refractivity (Wildman–Crippen MR) is 68.9 cm³/mol. The third-order valence-corrected chi connectivity index (χ3v) is 4.43. The molecule has 0 aliphatic heterocycles. The minimum Gasteiger partial charge on any atom is -0.390 e. The molecule has 1 aromatic heterocycles. The lowest BCUT2D eigenvalue weighted by atomic mass is 10.0. The summed E-state index contributed by atoms with van der Waals surface area (Å²) >= 11 is 3.52. The van der Waals surface area contributed by atoms with Gasteiger partial charge in [0.1, 0.15) is 0 Å². The molecular formula is C12H19BrN2O2. The summed E-state index contributed by atoms with van der Waals surface area (Å²) in [6.45, 7) is 1.95. The van der Waals surface area contributed by atoms with Gasteiger partial charge in [0.05, 0.1) is 28.1 Å². The van der Waals surface area contributed by atoms with Crippen molar-refractivity contribution in [3.8, 4) is 0 Å². The lowest BCUT2D eigenvalue weighted by Crippen LogP contribution is -2.32. The van der Waals surface area contributed by atoms with Gasteiger partial charge >= 0.3 is 0 Å². The van der Waals surface area contributed by atoms with Crippen LogP contribution in [0.25, 0.3) is 0 Å². The molecule has 5 heteroatoms. The van der Waals surface area contributed by atoms with E-state index in [2.05, 4.69) is 21.0 Å². The highest BCUT2D eigenvalue weighted by Crippen LogP contribution is 2.36. The molecule has 1 heterocycles. The molecule has 1 N–H and O–H groups in total. The third-order valence-electron chi connectivity index (χ3n) is 3.40. The second-order valence-corrected chi connectivity index (χ2v) is 5.57. The van der Waals surface area contributed by atoms with E-state index < -0.39 is 6.10 Å². The van der Waals surface area contributed by atoms with Gasteiger partial charge in [-0.2, -0.15) is 5.10 Å². The Kier molecular flexibility index (Phi) is 3.90. The van der Waals surface area contributed by atoms with Crippen molar-refractivity contribution in [1.82, 2.24) is 9.78 Å². The Morgan fingerprint density at radius 1 is 1.59 bits per heavy atom. The SMILES string of the molecule is COC(C(O)Cc1c(Br)c(C)nn1C)C1CC1. The van der Waals surface area contributed by atoms with Crippen molar-refractivity contribution in [1.29, 1.82) is 0 Å². The largest absolute Gasteiger partial charge is 0.390 e. The van der Waals surface area contributed by atoms with Crippen molar-refractivity contribution >= 4 is 15.9 Å². The van der Waals surface area contributed by atoms with Crippen molar-refractivity contribution in [2.75, 3.05) is 7.11 Å². The van der Waals surface area contributed by atoms with E-state index in [4.69, 9.17) is 4.74 Å². The summed E-state index contributed by atoms with van der Waals surface area (Å²) in [5, 5.41) is 14.6. The van der Waals surface area contributed by atoms with Gasteiger partial charge in [-0.15, -0.1) is 0 Å². The van der Waals surface area contributed by atoms with Crippen LogP contribution in [-0.4, -0.2) is 34.2 Å². The topological polar surface area (TPSA) is 47.3 Å². The van der Waals surface area contributed by atoms with E-state index in [0.29, 0.717) is 12.3 Å². The summed E-state index contributed by atoms with van der Waals surface area (Å²) in [6.07, 6.45) is 2.41. The fourth-order valence-corrected chi connectivity index (χ4v) is 2.80. The first-order valence-corrected chi connectivity index (χ1v) is 6.72. The highest BCUT2D eigenvalue weighted by molar-refractivity contribution is 9.10. The van der Waals surface area contributed by atoms with Crippen LogP contribution in [0.2, 0.25) is 0 Å². The first kappa shape index (κ1) is 13.1. The predicted octanol–water partition coefficient (Wildman–Crippen LogP) is 1.82. The molecule has 0 aromatic carbocycles. The zero-order chi connectivity index (χ0) is 12.6. The normalized spacial score (nSPS) is 19.4. The Balaban J connectivity index is 2.08. The van der Waals surface area contributed by atoms with Crippen molar-refractivity contribution in [3.05, 3.63) is 15.9 Å². The van der Waals surface area contributed by atoms with Crippen LogP contribution in [0.1, 0.15) is 24.2 Å². The highest BCUT2D eigenvalue weighted by Gasteiger charge is 2.36. The monoisotopic (exact) mass is 302 g/mol. The van der Waals surface area contributed by atoms with E-state index in [9.17, 15) is 5.11 Å². The first-order valence-electron chi connectivity index (χ1n) is 5.93. The molecule has 0 bridgehead atoms. The number of rotatable bonds is 5. The maximum Gasteiger partial charge on any atom is 0.0862 e. The zero-order valence-corrected chi connectivity index (χ0v) is 12.1. The van der Waals surface area contributed by atoms with E-state index >= 15 is 0 Å². The van der Waals surface area contributed by atoms with Crippen LogP contribution in [-0.2, 0) is 18.2 Å². The Hall–Kier alpha value is -0.390. The minimum absolute atomic E-state index is 0.0443. The van der Waals surface area contributed by atoms with Gasteiger partial charge in [0.25, 0.3) is 0 Å². The molecule has 1 aromatic rings. The molecule has 1 aliphatic carbocycles. The van der Waals surface area contributed by atoms with Gasteiger partial charge in [-0.25, -0.2) is 0 Å². The van der Waals surface area contributed by atoms with Crippen LogP contribution in [0.5, 0.6) is 0 Å². The number of aliphatic hydroxyl groups excluding tert-OH is 1. The summed E-state index contributed by atoms with van der Waals surface area (Å²) in [7, 11) is 3.58. The summed E-state index contributed by atoms with van der Waals surface area (Å²) in [5.41, 5.74) is 1.98. The number of ether oxygens (including phenoxy) is 1. The summed E-state index contributed by atoms with van der Waals surface area (Å²) < 4.78 is 8.21. The maximum absolute atomic E-state index is 10.2. The second kappa shape index (κ2) is 5.08. The maximum atomic E-state index is 10.2. The third kappa shape index (κ3) is 2.72. The molecule has 2 unspecified atom stereocenters. The first-order chi connectivity index (χ1) is 8.04. The van der Waals surface area contributed by atoms with E-state index in [1.165, 1.54) is 12.8 Å². The average molecular weight is 303 g/mol. The molecule has 0 radical (unpaired) electrons. The Morgan fingerprint density at radius 2 is 2.24 bits per heavy atom. The number of hydrogen-bond donors (Lipinski definition) is 1. The quantitative estimate of drug-likeness (QED) is 0.902. The number of aryl methyl sites for hydroxylation is 2. The van der Waals surface area contributed by atoms with Crippen molar-refractivity contribution < 1.29 is 9.84 Å². The molecule has 1 aliphatic rings. The van der Waals surface area contributed by atoms with E-state index in [-0.39, 0.29) is 6.10 Å². The van der Waals surface area contributed by atoms with Gasteiger partial charge in [0.2, 0.25) is 0 Å². The molecule has 1 fully saturated rings. The average Bonchev–Trinajstić information content (AvgIpc) is 3.06. The van der Waals surface area contributed by atoms with E-state index in [1.807, 2.05) is 18.7 Å². The fraction of sp³-hybridized carbons (Fsp3) is 0.750. The molecule has 4 nitrogen and oxygen atoms in total. The number of methoxy groups -OCH3 is 1. The van der Waals surface area contributed by atoms with Gasteiger partial charge in [-0.3, -0.25) is 4.68 Å². The van der Waals surface area contributed by atoms with Crippen LogP contribution < -0.4 is 0 Å². The van der Waals surface area contributed by atoms with Crippen molar-refractivity contribution in [2.45, 2.75) is 38.4 Å². The molecule has 2 rings (SSSR count). The van der Waals surface area contributed by atoms with Gasteiger partial charge < -0.3 is 9.84 Å². The summed E-state index contributed by atoms with van der Waals surface area (Å²) in [5.74, 6) is 0.531. The number of halogens is 1. The number of nitrogens with zero attached hydrogens (tertiary/aromatic N) is 2. The van der Waals surface area contributed by atoms with E-state index in [1.54, 1.807) is 7.11 Å². The minimum atomic E-state index is -0.460. The van der Waals surface area contributed by atoms with Crippen LogP contribution in [0.4, 0.5) is 0 Å². The second-order valence-electron chi connectivity index (χ2n) is 4.78. The summed E-state index contributed by atoms with van der Waals surface area (Å²) in [6, 6.07) is 0. The zero-order valence-electron chi connectivity index (χ0n) is 10.5. The van der Waals surface area contributed by atoms with Crippen LogP contribution in [0.15, 0.2) is 4.47 Å². The molecular weight excluding hydrogens is 284 g/mol. The molecule has 0 spiro atoms. The van der Waals surface area contributed by atoms with Gasteiger partial charge in [0, 0.05) is 20.6 Å². The van der Waals surface area contributed by atoms with Gasteiger partial charge in [-0.05, 0) is 41.6 Å². The van der Waals surface area contributed by atoms with Crippen LogP contribution >= 0.6 is 15.9 Å². The van der Waals surface area contributed by atoms with Crippen molar-refractivity contribution in [3.63, 3.8) is 0 Å². The Bertz CT molecular complexity index is 401.